The Morgan fingerprint density at radius 3 is 2.40 bits per heavy atom. The minimum Gasteiger partial charge on any atom is -0.456 e. The topological polar surface area (TPSA) is 166 Å². The van der Waals surface area contributed by atoms with Gasteiger partial charge >= 0.3 is 11.9 Å². The van der Waals surface area contributed by atoms with Gasteiger partial charge in [-0.1, -0.05) is 32.9 Å². The van der Waals surface area contributed by atoms with Crippen LogP contribution in [0.5, 0.6) is 0 Å². The molecule has 3 N–H and O–H groups in total. The molecule has 0 bridgehead atoms. The molecule has 0 aromatic carbocycles. The van der Waals surface area contributed by atoms with Gasteiger partial charge in [-0.15, -0.1) is 0 Å². The van der Waals surface area contributed by atoms with E-state index in [2.05, 4.69) is 0 Å². The highest BCUT2D eigenvalue weighted by atomic mass is 16.6. The van der Waals surface area contributed by atoms with Gasteiger partial charge in [0.1, 0.15) is 18.0 Å². The van der Waals surface area contributed by atoms with E-state index in [9.17, 15) is 34.5 Å². The number of hydrogen-bond donors (Lipinski definition) is 3. The fraction of sp³-hybridized carbons (Fsp3) is 0.677. The molecule has 6 aliphatic rings. The maximum absolute atomic E-state index is 13.9. The molecule has 6 rings (SSSR count). The molecule has 3 aliphatic heterocycles. The van der Waals surface area contributed by atoms with Gasteiger partial charge in [0.25, 0.3) is 0 Å². The molecular weight excluding hydrogens is 548 g/mol. The second-order valence-electron chi connectivity index (χ2n) is 13.7. The summed E-state index contributed by atoms with van der Waals surface area (Å²) in [5.74, 6) is -4.34. The summed E-state index contributed by atoms with van der Waals surface area (Å²) in [7, 11) is 0. The summed E-state index contributed by atoms with van der Waals surface area (Å²) < 4.78 is 24.0. The van der Waals surface area contributed by atoms with Crippen LogP contribution < -0.4 is 0 Å². The van der Waals surface area contributed by atoms with Crippen LogP contribution in [0.15, 0.2) is 35.5 Å². The first-order chi connectivity index (χ1) is 19.6. The molecule has 42 heavy (non-hydrogen) atoms. The van der Waals surface area contributed by atoms with Crippen LogP contribution in [0.1, 0.15) is 48.0 Å². The fourth-order valence-corrected chi connectivity index (χ4v) is 10.0. The number of aldehydes is 1. The van der Waals surface area contributed by atoms with Gasteiger partial charge in [0, 0.05) is 45.1 Å². The largest absolute Gasteiger partial charge is 0.456 e. The van der Waals surface area contributed by atoms with Crippen molar-refractivity contribution >= 4 is 24.0 Å². The summed E-state index contributed by atoms with van der Waals surface area (Å²) in [5.41, 5.74) is -6.90. The molecule has 0 amide bonds. The van der Waals surface area contributed by atoms with E-state index in [1.165, 1.54) is 19.1 Å². The number of carbonyl (C=O) groups is 4. The average Bonchev–Trinajstić information content (AvgIpc) is 3.61. The van der Waals surface area contributed by atoms with Gasteiger partial charge in [0.05, 0.1) is 24.2 Å². The lowest BCUT2D eigenvalue weighted by Crippen LogP contribution is -2.74. The molecule has 11 nitrogen and oxygen atoms in total. The van der Waals surface area contributed by atoms with Crippen molar-refractivity contribution in [3.8, 4) is 0 Å². The zero-order chi connectivity index (χ0) is 30.8. The van der Waals surface area contributed by atoms with Gasteiger partial charge in [-0.25, -0.2) is 9.59 Å². The Labute approximate surface area is 243 Å². The third-order valence-corrected chi connectivity index (χ3v) is 11.8. The van der Waals surface area contributed by atoms with E-state index in [1.807, 2.05) is 6.92 Å². The van der Waals surface area contributed by atoms with Crippen molar-refractivity contribution in [1.29, 1.82) is 0 Å². The van der Waals surface area contributed by atoms with Crippen LogP contribution in [0.2, 0.25) is 0 Å². The predicted octanol–water partition coefficient (Wildman–Crippen LogP) is 1.14. The quantitative estimate of drug-likeness (QED) is 0.246. The Morgan fingerprint density at radius 2 is 1.81 bits per heavy atom. The summed E-state index contributed by atoms with van der Waals surface area (Å²) in [6, 6.07) is 0. The van der Waals surface area contributed by atoms with E-state index in [1.54, 1.807) is 39.8 Å². The molecule has 0 aromatic rings. The summed E-state index contributed by atoms with van der Waals surface area (Å²) in [4.78, 5) is 53.4. The van der Waals surface area contributed by atoms with Crippen LogP contribution in [0.3, 0.4) is 0 Å². The molecule has 2 saturated carbocycles. The molecule has 3 heterocycles. The summed E-state index contributed by atoms with van der Waals surface area (Å²) in [6.07, 6.45) is -0.176. The van der Waals surface area contributed by atoms with Crippen molar-refractivity contribution < 1.29 is 53.4 Å². The maximum atomic E-state index is 13.9. The first-order valence-corrected chi connectivity index (χ1v) is 14.4. The monoisotopic (exact) mass is 586 g/mol. The molecule has 11 heteroatoms. The number of aliphatic hydroxyl groups excluding tert-OH is 3. The number of aliphatic hydroxyl groups is 3. The third-order valence-electron chi connectivity index (χ3n) is 11.8. The summed E-state index contributed by atoms with van der Waals surface area (Å²) in [6.45, 7) is 10.4. The molecule has 4 fully saturated rings. The Balaban J connectivity index is 1.62. The van der Waals surface area contributed by atoms with Crippen molar-refractivity contribution in [3.63, 3.8) is 0 Å². The van der Waals surface area contributed by atoms with Gasteiger partial charge in [-0.3, -0.25) is 4.79 Å². The van der Waals surface area contributed by atoms with Gasteiger partial charge < -0.3 is 39.1 Å². The lowest BCUT2D eigenvalue weighted by atomic mass is 9.39. The molecule has 228 valence electrons. The van der Waals surface area contributed by atoms with Crippen molar-refractivity contribution in [2.45, 2.75) is 84.5 Å². The smallest absolute Gasteiger partial charge is 0.336 e. The van der Waals surface area contributed by atoms with Crippen LogP contribution >= 0.6 is 0 Å². The standard InChI is InChI=1S/C31H38O11/c1-7-14(2)24(36)41-23-20-21-27(3,13-39-20)9-8-17(33)29(21,5)22-26(38)42-31(30(22,23)6)18(34)11-16(28(31,4)12-32)15-10-19(35)40-25(15)37/h7-10,12,16,18-23,26,34-35,38H,11,13H2,1-6H3/b14-7+/t16-,18+,19?,20+,21-,22-,23+,26?,27-,28-,29-,30-,31+/m0/s1. The van der Waals surface area contributed by atoms with Gasteiger partial charge in [-0.2, -0.15) is 0 Å². The number of fused-ring (bicyclic) bond motifs is 3. The zero-order valence-corrected chi connectivity index (χ0v) is 24.5. The minimum atomic E-state index is -1.96. The zero-order valence-electron chi connectivity index (χ0n) is 24.5. The molecular formula is C31H38O11. The number of ether oxygens (including phenoxy) is 4. The Bertz CT molecular complexity index is 1370. The molecule has 13 atom stereocenters. The van der Waals surface area contributed by atoms with Crippen LogP contribution in [-0.2, 0) is 38.1 Å². The van der Waals surface area contributed by atoms with E-state index in [-0.39, 0.29) is 24.4 Å². The fourth-order valence-electron chi connectivity index (χ4n) is 10.0. The van der Waals surface area contributed by atoms with Crippen LogP contribution in [0, 0.1) is 39.4 Å². The molecule has 1 spiro atoms. The van der Waals surface area contributed by atoms with E-state index in [0.717, 1.165) is 0 Å². The molecule has 2 unspecified atom stereocenters. The number of esters is 2. The van der Waals surface area contributed by atoms with E-state index in [0.29, 0.717) is 11.9 Å². The summed E-state index contributed by atoms with van der Waals surface area (Å²) in [5, 5.41) is 33.9. The highest BCUT2D eigenvalue weighted by Gasteiger charge is 2.87. The van der Waals surface area contributed by atoms with Crippen LogP contribution in [0.25, 0.3) is 0 Å². The lowest BCUT2D eigenvalue weighted by Gasteiger charge is -2.63. The maximum Gasteiger partial charge on any atom is 0.336 e. The van der Waals surface area contributed by atoms with E-state index in [4.69, 9.17) is 18.9 Å². The number of ketones is 1. The number of carbonyl (C=O) groups excluding carboxylic acids is 4. The minimum absolute atomic E-state index is 0.00210. The van der Waals surface area contributed by atoms with Crippen LogP contribution in [-0.4, -0.2) is 82.4 Å². The Kier molecular flexibility index (Phi) is 6.24. The third kappa shape index (κ3) is 3.13. The summed E-state index contributed by atoms with van der Waals surface area (Å²) >= 11 is 0. The van der Waals surface area contributed by atoms with E-state index >= 15 is 0 Å². The lowest BCUT2D eigenvalue weighted by molar-refractivity contribution is -0.255. The number of cyclic esters (lactones) is 1. The van der Waals surface area contributed by atoms with E-state index < -0.39 is 87.8 Å². The van der Waals surface area contributed by atoms with Crippen molar-refractivity contribution in [2.24, 2.45) is 39.4 Å². The normalized spacial score (nSPS) is 52.7. The van der Waals surface area contributed by atoms with Crippen LogP contribution in [0.4, 0.5) is 0 Å². The van der Waals surface area contributed by atoms with Gasteiger partial charge in [0.15, 0.2) is 12.1 Å². The average molecular weight is 587 g/mol. The Hall–Kier alpha value is -2.70. The number of allylic oxidation sites excluding steroid dienone is 2. The molecule has 0 aromatic heterocycles. The first kappa shape index (κ1) is 29.4. The SMILES string of the molecule is C/C=C(\C)C(=O)O[C@@H]1[C@@H]2OC[C@]3(C)C=CC(=O)[C@@](C)([C@@H]23)[C@@H]2C(O)O[C@@]3([C@H](O)C[C@@H](C4=CC(O)OC4=O)[C@]3(C)C=O)[C@]12C. The second-order valence-corrected chi connectivity index (χ2v) is 13.7. The highest BCUT2D eigenvalue weighted by molar-refractivity contribution is 5.97. The number of rotatable bonds is 4. The van der Waals surface area contributed by atoms with Gasteiger partial charge in [0.2, 0.25) is 6.29 Å². The predicted molar refractivity (Wildman–Crippen MR) is 143 cm³/mol. The van der Waals surface area contributed by atoms with Crippen molar-refractivity contribution in [2.75, 3.05) is 6.61 Å². The Morgan fingerprint density at radius 1 is 1.12 bits per heavy atom. The highest BCUT2D eigenvalue weighted by Crippen LogP contribution is 2.76. The van der Waals surface area contributed by atoms with Crippen molar-refractivity contribution in [3.05, 3.63) is 35.5 Å². The molecule has 2 saturated heterocycles. The molecule has 0 radical (unpaired) electrons. The molecule has 3 aliphatic carbocycles. The van der Waals surface area contributed by atoms with Gasteiger partial charge in [-0.05, 0) is 39.3 Å². The second kappa shape index (κ2) is 8.92. The number of hydrogen-bond acceptors (Lipinski definition) is 11. The first-order valence-electron chi connectivity index (χ1n) is 14.4. The van der Waals surface area contributed by atoms with Crippen molar-refractivity contribution in [1.82, 2.24) is 0 Å².